The predicted molar refractivity (Wildman–Crippen MR) is 148 cm³/mol. The van der Waals surface area contributed by atoms with Gasteiger partial charge in [0.15, 0.2) is 0 Å². The van der Waals surface area contributed by atoms with Gasteiger partial charge in [-0.25, -0.2) is 8.42 Å². The summed E-state index contributed by atoms with van der Waals surface area (Å²) in [4.78, 5) is 38.8. The lowest BCUT2D eigenvalue weighted by atomic mass is 10.0. The van der Waals surface area contributed by atoms with Crippen LogP contribution in [0.2, 0.25) is 0 Å². The summed E-state index contributed by atoms with van der Waals surface area (Å²) in [6.45, 7) is -0.623. The van der Waals surface area contributed by atoms with E-state index in [1.165, 1.54) is 30.1 Å². The summed E-state index contributed by atoms with van der Waals surface area (Å²) >= 11 is 3.38. The van der Waals surface area contributed by atoms with Gasteiger partial charge in [-0.2, -0.15) is 0 Å². The van der Waals surface area contributed by atoms with Crippen LogP contribution in [-0.2, 0) is 32.6 Å². The molecule has 200 valence electrons. The normalized spacial score (nSPS) is 11.9. The highest BCUT2D eigenvalue weighted by atomic mass is 79.9. The van der Waals surface area contributed by atoms with Gasteiger partial charge in [0.1, 0.15) is 12.6 Å². The number of sulfonamides is 1. The minimum Gasteiger partial charge on any atom is -0.357 e. The Balaban J connectivity index is 2.03. The number of nitrogens with zero attached hydrogens (tertiary/aromatic N) is 3. The summed E-state index contributed by atoms with van der Waals surface area (Å²) in [7, 11) is -2.55. The van der Waals surface area contributed by atoms with Crippen molar-refractivity contribution in [2.24, 2.45) is 0 Å². The van der Waals surface area contributed by atoms with E-state index in [9.17, 15) is 28.1 Å². The van der Waals surface area contributed by atoms with Crippen LogP contribution in [0.15, 0.2) is 83.3 Å². The first-order chi connectivity index (χ1) is 18.0. The standard InChI is InChI=1S/C26H27BrN4O6S/c1-28-26(33)24(15-19-7-4-3-5-8-19)29(17-20-11-13-21(27)14-12-20)25(32)18-30(38(2,36)37)22-9-6-10-23(16-22)31(34)35/h3-14,16,24H,15,17-18H2,1-2H3,(H,28,33). The Bertz CT molecular complexity index is 1400. The van der Waals surface area contributed by atoms with E-state index in [4.69, 9.17) is 0 Å². The van der Waals surface area contributed by atoms with Crippen LogP contribution in [0.5, 0.6) is 0 Å². The van der Waals surface area contributed by atoms with Crippen molar-refractivity contribution in [3.8, 4) is 0 Å². The van der Waals surface area contributed by atoms with E-state index >= 15 is 0 Å². The number of carbonyl (C=O) groups excluding carboxylic acids is 2. The quantitative estimate of drug-likeness (QED) is 0.264. The fourth-order valence-electron chi connectivity index (χ4n) is 3.88. The van der Waals surface area contributed by atoms with E-state index in [1.807, 2.05) is 30.3 Å². The van der Waals surface area contributed by atoms with Gasteiger partial charge in [0.25, 0.3) is 5.69 Å². The molecule has 0 bridgehead atoms. The van der Waals surface area contributed by atoms with Gasteiger partial charge in [-0.05, 0) is 29.3 Å². The third-order valence-electron chi connectivity index (χ3n) is 5.79. The van der Waals surface area contributed by atoms with E-state index in [1.54, 1.807) is 24.3 Å². The van der Waals surface area contributed by atoms with Crippen molar-refractivity contribution in [3.63, 3.8) is 0 Å². The van der Waals surface area contributed by atoms with Crippen molar-refractivity contribution in [1.29, 1.82) is 0 Å². The molecule has 0 heterocycles. The maximum absolute atomic E-state index is 13.8. The number of rotatable bonds is 11. The molecule has 3 aromatic carbocycles. The maximum atomic E-state index is 13.8. The second-order valence-corrected chi connectivity index (χ2v) is 11.3. The van der Waals surface area contributed by atoms with Gasteiger partial charge in [0.2, 0.25) is 21.8 Å². The molecule has 1 atom stereocenters. The molecule has 0 aromatic heterocycles. The molecular weight excluding hydrogens is 576 g/mol. The second kappa shape index (κ2) is 12.7. The number of nitrogens with one attached hydrogen (secondary N) is 1. The van der Waals surface area contributed by atoms with Crippen molar-refractivity contribution in [2.75, 3.05) is 24.2 Å². The van der Waals surface area contributed by atoms with Crippen LogP contribution in [0.1, 0.15) is 11.1 Å². The first kappa shape index (κ1) is 28.8. The zero-order valence-electron chi connectivity index (χ0n) is 20.8. The lowest BCUT2D eigenvalue weighted by Crippen LogP contribution is -2.52. The van der Waals surface area contributed by atoms with Gasteiger partial charge in [-0.15, -0.1) is 0 Å². The van der Waals surface area contributed by atoms with Crippen LogP contribution in [0, 0.1) is 10.1 Å². The average Bonchev–Trinajstić information content (AvgIpc) is 2.89. The Morgan fingerprint density at radius 1 is 1.00 bits per heavy atom. The summed E-state index contributed by atoms with van der Waals surface area (Å²) in [6.07, 6.45) is 1.11. The number of nitro groups is 1. The van der Waals surface area contributed by atoms with Crippen molar-refractivity contribution in [1.82, 2.24) is 10.2 Å². The van der Waals surface area contributed by atoms with Gasteiger partial charge < -0.3 is 10.2 Å². The summed E-state index contributed by atoms with van der Waals surface area (Å²) in [5.41, 5.74) is 1.19. The molecule has 0 fully saturated rings. The number of hydrogen-bond donors (Lipinski definition) is 1. The molecule has 3 aromatic rings. The molecule has 38 heavy (non-hydrogen) atoms. The van der Waals surface area contributed by atoms with E-state index in [0.29, 0.717) is 0 Å². The molecule has 2 amide bonds. The number of anilines is 1. The second-order valence-electron chi connectivity index (χ2n) is 8.51. The van der Waals surface area contributed by atoms with Crippen molar-refractivity contribution in [3.05, 3.63) is 105 Å². The SMILES string of the molecule is CNC(=O)C(Cc1ccccc1)N(Cc1ccc(Br)cc1)C(=O)CN(c1cccc([N+](=O)[O-])c1)S(C)(=O)=O. The first-order valence-electron chi connectivity index (χ1n) is 11.5. The van der Waals surface area contributed by atoms with E-state index in [2.05, 4.69) is 21.2 Å². The van der Waals surface area contributed by atoms with E-state index in [0.717, 1.165) is 32.2 Å². The first-order valence-corrected chi connectivity index (χ1v) is 14.2. The molecular formula is C26H27BrN4O6S. The Labute approximate surface area is 229 Å². The molecule has 1 unspecified atom stereocenters. The highest BCUT2D eigenvalue weighted by molar-refractivity contribution is 9.10. The van der Waals surface area contributed by atoms with Gasteiger partial charge in [-0.1, -0.05) is 64.5 Å². The molecule has 1 N–H and O–H groups in total. The lowest BCUT2D eigenvalue weighted by molar-refractivity contribution is -0.384. The highest BCUT2D eigenvalue weighted by Gasteiger charge is 2.32. The predicted octanol–water partition coefficient (Wildman–Crippen LogP) is 3.51. The Kier molecular flexibility index (Phi) is 9.59. The summed E-state index contributed by atoms with van der Waals surface area (Å²) in [6, 6.07) is 20.4. The fraction of sp³-hybridized carbons (Fsp3) is 0.231. The Morgan fingerprint density at radius 3 is 2.24 bits per heavy atom. The number of benzene rings is 3. The summed E-state index contributed by atoms with van der Waals surface area (Å²) in [5, 5.41) is 13.9. The largest absolute Gasteiger partial charge is 0.357 e. The number of nitro benzene ring substituents is 1. The molecule has 0 saturated heterocycles. The maximum Gasteiger partial charge on any atom is 0.271 e. The molecule has 12 heteroatoms. The van der Waals surface area contributed by atoms with Gasteiger partial charge in [-0.3, -0.25) is 24.0 Å². The number of halogens is 1. The van der Waals surface area contributed by atoms with Crippen molar-refractivity contribution in [2.45, 2.75) is 19.0 Å². The molecule has 0 aliphatic carbocycles. The van der Waals surface area contributed by atoms with E-state index in [-0.39, 0.29) is 24.3 Å². The Morgan fingerprint density at radius 2 is 1.66 bits per heavy atom. The number of amides is 2. The summed E-state index contributed by atoms with van der Waals surface area (Å²) in [5.74, 6) is -1.06. The number of carbonyl (C=O) groups is 2. The molecule has 0 saturated carbocycles. The third-order valence-corrected chi connectivity index (χ3v) is 7.46. The van der Waals surface area contributed by atoms with Crippen LogP contribution in [0.25, 0.3) is 0 Å². The molecule has 0 aliphatic heterocycles. The molecule has 10 nitrogen and oxygen atoms in total. The van der Waals surface area contributed by atoms with Gasteiger partial charge in [0, 0.05) is 36.6 Å². The number of hydrogen-bond acceptors (Lipinski definition) is 6. The minimum atomic E-state index is -4.02. The Hall–Kier alpha value is -3.77. The van der Waals surface area contributed by atoms with Crippen LogP contribution < -0.4 is 9.62 Å². The van der Waals surface area contributed by atoms with Crippen LogP contribution in [0.3, 0.4) is 0 Å². The smallest absolute Gasteiger partial charge is 0.271 e. The molecule has 0 radical (unpaired) electrons. The third kappa shape index (κ3) is 7.62. The number of non-ortho nitro benzene ring substituents is 1. The zero-order valence-corrected chi connectivity index (χ0v) is 23.2. The lowest BCUT2D eigenvalue weighted by Gasteiger charge is -2.33. The van der Waals surface area contributed by atoms with Crippen molar-refractivity contribution < 1.29 is 22.9 Å². The number of likely N-dealkylation sites (N-methyl/N-ethyl adjacent to an activating group) is 1. The highest BCUT2D eigenvalue weighted by Crippen LogP contribution is 2.24. The fourth-order valence-corrected chi connectivity index (χ4v) is 4.99. The van der Waals surface area contributed by atoms with Crippen LogP contribution in [0.4, 0.5) is 11.4 Å². The van der Waals surface area contributed by atoms with E-state index < -0.39 is 39.3 Å². The van der Waals surface area contributed by atoms with Crippen LogP contribution in [-0.4, -0.2) is 55.9 Å². The van der Waals surface area contributed by atoms with Crippen molar-refractivity contribution >= 4 is 49.1 Å². The zero-order chi connectivity index (χ0) is 27.9. The monoisotopic (exact) mass is 602 g/mol. The van der Waals surface area contributed by atoms with Gasteiger partial charge >= 0.3 is 0 Å². The average molecular weight is 603 g/mol. The molecule has 0 spiro atoms. The molecule has 3 rings (SSSR count). The molecule has 0 aliphatic rings. The van der Waals surface area contributed by atoms with Gasteiger partial charge in [0.05, 0.1) is 16.9 Å². The summed E-state index contributed by atoms with van der Waals surface area (Å²) < 4.78 is 27.1. The topological polar surface area (TPSA) is 130 Å². The minimum absolute atomic E-state index is 0.0294. The van der Waals surface area contributed by atoms with Crippen LogP contribution >= 0.6 is 15.9 Å².